The summed E-state index contributed by atoms with van der Waals surface area (Å²) in [7, 11) is 0. The predicted molar refractivity (Wildman–Crippen MR) is 128 cm³/mol. The zero-order valence-electron chi connectivity index (χ0n) is 17.7. The summed E-state index contributed by atoms with van der Waals surface area (Å²) in [5.74, 6) is 0.321. The predicted octanol–water partition coefficient (Wildman–Crippen LogP) is 4.86. The van der Waals surface area contributed by atoms with Gasteiger partial charge in [-0.25, -0.2) is 4.98 Å². The van der Waals surface area contributed by atoms with E-state index in [4.69, 9.17) is 0 Å². The van der Waals surface area contributed by atoms with Crippen LogP contribution in [-0.2, 0) is 17.8 Å². The van der Waals surface area contributed by atoms with E-state index in [1.807, 2.05) is 60.8 Å². The van der Waals surface area contributed by atoms with Crippen LogP contribution >= 0.6 is 0 Å². The van der Waals surface area contributed by atoms with Crippen molar-refractivity contribution in [3.63, 3.8) is 0 Å². The maximum Gasteiger partial charge on any atom is 0.255 e. The standard InChI is InChI=1S/C26H23N5O/c1-2-17-8-7-10-20-18(15-28-24(17)20)14-21(25-30-22-11-3-4-12-23(22)31-25)26(32)29-16-19-9-5-6-13-27-19/h3-15,28H,2,16H2,1H3,(H,29,32)(H,30,31)/b21-14+. The Morgan fingerprint density at radius 1 is 1.06 bits per heavy atom. The number of nitrogens with one attached hydrogen (secondary N) is 3. The molecule has 3 aromatic heterocycles. The molecule has 5 aromatic rings. The Balaban J connectivity index is 1.57. The fraction of sp³-hybridized carbons (Fsp3) is 0.115. The Kier molecular flexibility index (Phi) is 5.25. The van der Waals surface area contributed by atoms with Crippen molar-refractivity contribution in [1.29, 1.82) is 0 Å². The average Bonchev–Trinajstić information content (AvgIpc) is 3.45. The maximum atomic E-state index is 13.3. The molecule has 5 rings (SSSR count). The molecular formula is C26H23N5O. The molecule has 3 N–H and O–H groups in total. The van der Waals surface area contributed by atoms with E-state index in [1.165, 1.54) is 5.56 Å². The van der Waals surface area contributed by atoms with Crippen molar-refractivity contribution in [2.45, 2.75) is 19.9 Å². The van der Waals surface area contributed by atoms with Crippen LogP contribution < -0.4 is 5.32 Å². The van der Waals surface area contributed by atoms with Gasteiger partial charge in [0.25, 0.3) is 5.91 Å². The molecule has 0 atom stereocenters. The summed E-state index contributed by atoms with van der Waals surface area (Å²) >= 11 is 0. The second-order valence-electron chi connectivity index (χ2n) is 7.60. The second kappa shape index (κ2) is 8.51. The van der Waals surface area contributed by atoms with Gasteiger partial charge in [-0.15, -0.1) is 0 Å². The number of benzene rings is 2. The molecule has 0 aliphatic rings. The highest BCUT2D eigenvalue weighted by molar-refractivity contribution is 6.24. The fourth-order valence-electron chi connectivity index (χ4n) is 3.90. The molecule has 1 amide bonds. The number of H-pyrrole nitrogens is 2. The van der Waals surface area contributed by atoms with Gasteiger partial charge in [-0.3, -0.25) is 9.78 Å². The molecule has 0 unspecified atom stereocenters. The first-order valence-electron chi connectivity index (χ1n) is 10.7. The molecule has 6 nitrogen and oxygen atoms in total. The van der Waals surface area contributed by atoms with Crippen molar-refractivity contribution in [2.75, 3.05) is 0 Å². The minimum atomic E-state index is -0.212. The molecule has 0 spiro atoms. The van der Waals surface area contributed by atoms with Crippen molar-refractivity contribution in [3.8, 4) is 0 Å². The summed E-state index contributed by atoms with van der Waals surface area (Å²) in [5, 5.41) is 4.06. The number of nitrogens with zero attached hydrogens (tertiary/aromatic N) is 2. The Morgan fingerprint density at radius 3 is 2.75 bits per heavy atom. The third kappa shape index (κ3) is 3.78. The van der Waals surface area contributed by atoms with Crippen molar-refractivity contribution >= 4 is 39.5 Å². The van der Waals surface area contributed by atoms with E-state index in [0.29, 0.717) is 17.9 Å². The van der Waals surface area contributed by atoms with Crippen LogP contribution in [0.15, 0.2) is 73.1 Å². The molecule has 158 valence electrons. The van der Waals surface area contributed by atoms with Crippen LogP contribution in [0.2, 0.25) is 0 Å². The van der Waals surface area contributed by atoms with Gasteiger partial charge >= 0.3 is 0 Å². The molecule has 0 aliphatic carbocycles. The molecule has 0 aliphatic heterocycles. The van der Waals surface area contributed by atoms with Gasteiger partial charge in [0, 0.05) is 28.9 Å². The number of aryl methyl sites for hydroxylation is 1. The van der Waals surface area contributed by atoms with Crippen molar-refractivity contribution < 1.29 is 4.79 Å². The molecule has 0 radical (unpaired) electrons. The highest BCUT2D eigenvalue weighted by atomic mass is 16.1. The summed E-state index contributed by atoms with van der Waals surface area (Å²) in [6.45, 7) is 2.47. The minimum absolute atomic E-state index is 0.212. The van der Waals surface area contributed by atoms with E-state index in [0.717, 1.165) is 39.6 Å². The van der Waals surface area contributed by atoms with Crippen LogP contribution in [0.1, 0.15) is 29.6 Å². The van der Waals surface area contributed by atoms with Crippen LogP contribution in [0.4, 0.5) is 0 Å². The quantitative estimate of drug-likeness (QED) is 0.342. The summed E-state index contributed by atoms with van der Waals surface area (Å²) in [6, 6.07) is 19.6. The highest BCUT2D eigenvalue weighted by Crippen LogP contribution is 2.27. The van der Waals surface area contributed by atoms with Gasteiger partial charge in [0.15, 0.2) is 0 Å². The number of carbonyl (C=O) groups excluding carboxylic acids is 1. The first kappa shape index (κ1) is 19.8. The number of fused-ring (bicyclic) bond motifs is 2. The Bertz CT molecular complexity index is 1400. The van der Waals surface area contributed by atoms with Crippen LogP contribution in [0, 0.1) is 0 Å². The van der Waals surface area contributed by atoms with Gasteiger partial charge in [0.05, 0.1) is 28.8 Å². The van der Waals surface area contributed by atoms with Crippen molar-refractivity contribution in [2.24, 2.45) is 0 Å². The fourth-order valence-corrected chi connectivity index (χ4v) is 3.90. The lowest BCUT2D eigenvalue weighted by atomic mass is 10.0. The van der Waals surface area contributed by atoms with Gasteiger partial charge in [-0.1, -0.05) is 43.3 Å². The number of pyridine rings is 1. The topological polar surface area (TPSA) is 86.5 Å². The van der Waals surface area contributed by atoms with Gasteiger partial charge in [-0.2, -0.15) is 0 Å². The number of aromatic nitrogens is 4. The number of amides is 1. The smallest absolute Gasteiger partial charge is 0.255 e. The van der Waals surface area contributed by atoms with E-state index in [2.05, 4.69) is 44.3 Å². The molecular weight excluding hydrogens is 398 g/mol. The number of carbonyl (C=O) groups is 1. The molecule has 6 heteroatoms. The monoisotopic (exact) mass is 421 g/mol. The van der Waals surface area contributed by atoms with Crippen LogP contribution in [0.3, 0.4) is 0 Å². The third-order valence-corrected chi connectivity index (χ3v) is 5.56. The van der Waals surface area contributed by atoms with Crippen LogP contribution in [-0.4, -0.2) is 25.8 Å². The Labute approximate surface area is 185 Å². The summed E-state index contributed by atoms with van der Waals surface area (Å²) in [5.41, 5.74) is 6.26. The highest BCUT2D eigenvalue weighted by Gasteiger charge is 2.18. The second-order valence-corrected chi connectivity index (χ2v) is 7.60. The number of hydrogen-bond donors (Lipinski definition) is 3. The summed E-state index contributed by atoms with van der Waals surface area (Å²) < 4.78 is 0. The van der Waals surface area contributed by atoms with Gasteiger partial charge in [0.2, 0.25) is 0 Å². The average molecular weight is 422 g/mol. The lowest BCUT2D eigenvalue weighted by molar-refractivity contribution is -0.115. The normalized spacial score (nSPS) is 11.8. The molecule has 0 saturated carbocycles. The number of para-hydroxylation sites is 3. The first-order chi connectivity index (χ1) is 15.7. The van der Waals surface area contributed by atoms with Gasteiger partial charge in [-0.05, 0) is 42.3 Å². The molecule has 0 fully saturated rings. The van der Waals surface area contributed by atoms with E-state index in [9.17, 15) is 4.79 Å². The molecule has 32 heavy (non-hydrogen) atoms. The number of imidazole rings is 1. The van der Waals surface area contributed by atoms with E-state index >= 15 is 0 Å². The maximum absolute atomic E-state index is 13.3. The van der Waals surface area contributed by atoms with Gasteiger partial charge in [0.1, 0.15) is 5.82 Å². The lowest BCUT2D eigenvalue weighted by Gasteiger charge is -2.07. The largest absolute Gasteiger partial charge is 0.360 e. The zero-order valence-corrected chi connectivity index (χ0v) is 17.7. The molecule has 3 heterocycles. The third-order valence-electron chi connectivity index (χ3n) is 5.56. The molecule has 0 saturated heterocycles. The van der Waals surface area contributed by atoms with Crippen molar-refractivity contribution in [1.82, 2.24) is 25.3 Å². The van der Waals surface area contributed by atoms with E-state index < -0.39 is 0 Å². The van der Waals surface area contributed by atoms with E-state index in [1.54, 1.807) is 6.20 Å². The number of rotatable bonds is 6. The Morgan fingerprint density at radius 2 is 1.94 bits per heavy atom. The summed E-state index contributed by atoms with van der Waals surface area (Å²) in [4.78, 5) is 28.9. The van der Waals surface area contributed by atoms with Gasteiger partial charge < -0.3 is 15.3 Å². The minimum Gasteiger partial charge on any atom is -0.360 e. The molecule has 0 bridgehead atoms. The summed E-state index contributed by atoms with van der Waals surface area (Å²) in [6.07, 6.45) is 6.49. The van der Waals surface area contributed by atoms with Crippen LogP contribution in [0.25, 0.3) is 33.6 Å². The SMILES string of the molecule is CCc1cccc2c(/C=C(/C(=O)NCc3ccccn3)c3nc4ccccc4[nH]3)c[nH]c12. The van der Waals surface area contributed by atoms with Crippen molar-refractivity contribution in [3.05, 3.63) is 95.7 Å². The number of aromatic amines is 2. The number of hydrogen-bond acceptors (Lipinski definition) is 3. The Hall–Kier alpha value is -4.19. The lowest BCUT2D eigenvalue weighted by Crippen LogP contribution is -2.24. The van der Waals surface area contributed by atoms with E-state index in [-0.39, 0.29) is 5.91 Å². The van der Waals surface area contributed by atoms with Crippen LogP contribution in [0.5, 0.6) is 0 Å². The zero-order chi connectivity index (χ0) is 21.9. The molecule has 2 aromatic carbocycles. The first-order valence-corrected chi connectivity index (χ1v) is 10.7.